The van der Waals surface area contributed by atoms with Crippen LogP contribution in [0.5, 0.6) is 5.75 Å². The molecule has 0 unspecified atom stereocenters. The molecule has 2 N–H and O–H groups in total. The Morgan fingerprint density at radius 2 is 1.87 bits per heavy atom. The third-order valence-electron chi connectivity index (χ3n) is 4.94. The number of carbonyl (C=O) groups excluding carboxylic acids is 2. The number of para-hydroxylation sites is 1. The Kier molecular flexibility index (Phi) is 6.89. The van der Waals surface area contributed by atoms with E-state index in [1.807, 2.05) is 58.9 Å². The second kappa shape index (κ2) is 9.59. The van der Waals surface area contributed by atoms with E-state index < -0.39 is 11.8 Å². The van der Waals surface area contributed by atoms with E-state index in [2.05, 4.69) is 20.9 Å². The highest BCUT2D eigenvalue weighted by Crippen LogP contribution is 2.24. The molecule has 2 amide bonds. The first-order valence-corrected chi connectivity index (χ1v) is 10.5. The number of rotatable bonds is 7. The molecular weight excluding hydrogens is 394 g/mol. The topological polar surface area (TPSA) is 98.1 Å². The molecule has 0 fully saturated rings. The Morgan fingerprint density at radius 3 is 2.55 bits per heavy atom. The minimum absolute atomic E-state index is 0.103. The maximum Gasteiger partial charge on any atom is 0.276 e. The molecule has 0 bridgehead atoms. The maximum absolute atomic E-state index is 12.9. The summed E-state index contributed by atoms with van der Waals surface area (Å²) in [6.07, 6.45) is 2.43. The molecule has 0 aliphatic rings. The SMILES string of the molecule is CCc1ccccc1OCC(=O)NNC(=O)c1cc(C(C)C)nc2c1cnn2C(C)C. The fraction of sp³-hybridized carbons (Fsp3) is 0.391. The molecule has 1 aromatic carbocycles. The number of nitrogens with zero attached hydrogens (tertiary/aromatic N) is 3. The summed E-state index contributed by atoms with van der Waals surface area (Å²) in [5, 5.41) is 5.02. The van der Waals surface area contributed by atoms with Gasteiger partial charge in [0, 0.05) is 11.7 Å². The third-order valence-corrected chi connectivity index (χ3v) is 4.94. The highest BCUT2D eigenvalue weighted by molar-refractivity contribution is 6.06. The molecule has 2 heterocycles. The van der Waals surface area contributed by atoms with E-state index in [0.717, 1.165) is 17.7 Å². The molecule has 3 aromatic rings. The third kappa shape index (κ3) is 5.02. The summed E-state index contributed by atoms with van der Waals surface area (Å²) in [4.78, 5) is 29.8. The highest BCUT2D eigenvalue weighted by Gasteiger charge is 2.19. The van der Waals surface area contributed by atoms with Gasteiger partial charge in [0.15, 0.2) is 12.3 Å². The lowest BCUT2D eigenvalue weighted by Crippen LogP contribution is -2.44. The average Bonchev–Trinajstić information content (AvgIpc) is 3.19. The normalized spacial score (nSPS) is 11.2. The standard InChI is InChI=1S/C23H29N5O3/c1-6-16-9-7-8-10-20(16)31-13-21(29)26-27-23(30)17-11-19(14(2)3)25-22-18(17)12-24-28(22)15(4)5/h7-12,14-15H,6,13H2,1-5H3,(H,26,29)(H,27,30). The van der Waals surface area contributed by atoms with Crippen LogP contribution in [0.25, 0.3) is 11.0 Å². The molecule has 0 radical (unpaired) electrons. The number of ether oxygens (including phenoxy) is 1. The van der Waals surface area contributed by atoms with Gasteiger partial charge in [-0.25, -0.2) is 9.67 Å². The predicted octanol–water partition coefficient (Wildman–Crippen LogP) is 3.54. The second-order valence-corrected chi connectivity index (χ2v) is 7.92. The summed E-state index contributed by atoms with van der Waals surface area (Å²) in [5.74, 6) is -0.0930. The second-order valence-electron chi connectivity index (χ2n) is 7.92. The first kappa shape index (κ1) is 22.3. The summed E-state index contributed by atoms with van der Waals surface area (Å²) in [6, 6.07) is 9.40. The number of aromatic nitrogens is 3. The van der Waals surface area contributed by atoms with Crippen LogP contribution in [-0.4, -0.2) is 33.2 Å². The first-order chi connectivity index (χ1) is 14.8. The molecule has 164 valence electrons. The van der Waals surface area contributed by atoms with Crippen LogP contribution in [0.1, 0.15) is 68.2 Å². The van der Waals surface area contributed by atoms with Crippen LogP contribution in [0.2, 0.25) is 0 Å². The van der Waals surface area contributed by atoms with Crippen LogP contribution in [-0.2, 0) is 11.2 Å². The molecule has 8 nitrogen and oxygen atoms in total. The molecule has 0 aliphatic heterocycles. The van der Waals surface area contributed by atoms with Crippen molar-refractivity contribution in [1.29, 1.82) is 0 Å². The Labute approximate surface area is 182 Å². The van der Waals surface area contributed by atoms with Gasteiger partial charge in [0.05, 0.1) is 17.1 Å². The molecule has 31 heavy (non-hydrogen) atoms. The van der Waals surface area contributed by atoms with Crippen LogP contribution in [0, 0.1) is 0 Å². The number of nitrogens with one attached hydrogen (secondary N) is 2. The van der Waals surface area contributed by atoms with Crippen molar-refractivity contribution in [1.82, 2.24) is 25.6 Å². The van der Waals surface area contributed by atoms with Crippen LogP contribution < -0.4 is 15.6 Å². The largest absolute Gasteiger partial charge is 0.483 e. The lowest BCUT2D eigenvalue weighted by Gasteiger charge is -2.13. The Morgan fingerprint density at radius 1 is 1.13 bits per heavy atom. The summed E-state index contributed by atoms with van der Waals surface area (Å²) >= 11 is 0. The molecule has 8 heteroatoms. The molecular formula is C23H29N5O3. The Balaban J connectivity index is 1.72. The minimum Gasteiger partial charge on any atom is -0.483 e. The smallest absolute Gasteiger partial charge is 0.276 e. The van der Waals surface area contributed by atoms with Gasteiger partial charge in [-0.1, -0.05) is 39.0 Å². The van der Waals surface area contributed by atoms with E-state index in [1.165, 1.54) is 0 Å². The monoisotopic (exact) mass is 423 g/mol. The van der Waals surface area contributed by atoms with Gasteiger partial charge in [-0.05, 0) is 43.9 Å². The summed E-state index contributed by atoms with van der Waals surface area (Å²) in [6.45, 7) is 9.86. The number of benzene rings is 1. The van der Waals surface area contributed by atoms with Crippen molar-refractivity contribution >= 4 is 22.8 Å². The quantitative estimate of drug-likeness (QED) is 0.567. The highest BCUT2D eigenvalue weighted by atomic mass is 16.5. The van der Waals surface area contributed by atoms with E-state index in [1.54, 1.807) is 16.9 Å². The number of fused-ring (bicyclic) bond motifs is 1. The van der Waals surface area contributed by atoms with Gasteiger partial charge in [-0.2, -0.15) is 5.10 Å². The Bertz CT molecular complexity index is 1090. The number of amides is 2. The molecule has 0 atom stereocenters. The zero-order valence-electron chi connectivity index (χ0n) is 18.6. The summed E-state index contributed by atoms with van der Waals surface area (Å²) < 4.78 is 7.38. The molecule has 0 aliphatic carbocycles. The van der Waals surface area contributed by atoms with Gasteiger partial charge in [-0.15, -0.1) is 0 Å². The first-order valence-electron chi connectivity index (χ1n) is 10.5. The van der Waals surface area contributed by atoms with Gasteiger partial charge in [-0.3, -0.25) is 20.4 Å². The number of pyridine rings is 1. The lowest BCUT2D eigenvalue weighted by molar-refractivity contribution is -0.123. The van der Waals surface area contributed by atoms with Crippen molar-refractivity contribution in [2.24, 2.45) is 0 Å². The zero-order valence-corrected chi connectivity index (χ0v) is 18.6. The van der Waals surface area contributed by atoms with E-state index in [-0.39, 0.29) is 18.6 Å². The van der Waals surface area contributed by atoms with Gasteiger partial charge in [0.2, 0.25) is 0 Å². The number of hydrazine groups is 1. The van der Waals surface area contributed by atoms with Crippen LogP contribution in [0.15, 0.2) is 36.5 Å². The fourth-order valence-corrected chi connectivity index (χ4v) is 3.21. The van der Waals surface area contributed by atoms with E-state index >= 15 is 0 Å². The van der Waals surface area contributed by atoms with Crippen LogP contribution >= 0.6 is 0 Å². The fourth-order valence-electron chi connectivity index (χ4n) is 3.21. The number of carbonyl (C=O) groups is 2. The van der Waals surface area contributed by atoms with Crippen LogP contribution in [0.4, 0.5) is 0 Å². The van der Waals surface area contributed by atoms with Crippen molar-refractivity contribution < 1.29 is 14.3 Å². The van der Waals surface area contributed by atoms with Crippen molar-refractivity contribution in [3.8, 4) is 5.75 Å². The lowest BCUT2D eigenvalue weighted by atomic mass is 10.1. The van der Waals surface area contributed by atoms with Gasteiger partial charge in [0.1, 0.15) is 5.75 Å². The molecule has 2 aromatic heterocycles. The molecule has 0 saturated heterocycles. The van der Waals surface area contributed by atoms with Gasteiger partial charge in [0.25, 0.3) is 11.8 Å². The van der Waals surface area contributed by atoms with Crippen molar-refractivity contribution in [2.75, 3.05) is 6.61 Å². The molecule has 0 spiro atoms. The van der Waals surface area contributed by atoms with Crippen LogP contribution in [0.3, 0.4) is 0 Å². The van der Waals surface area contributed by atoms with Crippen molar-refractivity contribution in [2.45, 2.75) is 53.0 Å². The molecule has 3 rings (SSSR count). The summed E-state index contributed by atoms with van der Waals surface area (Å²) in [5.41, 5.74) is 7.76. The number of hydrogen-bond donors (Lipinski definition) is 2. The van der Waals surface area contributed by atoms with E-state index in [9.17, 15) is 9.59 Å². The molecule has 0 saturated carbocycles. The number of hydrogen-bond acceptors (Lipinski definition) is 5. The zero-order chi connectivity index (χ0) is 22.5. The minimum atomic E-state index is -0.452. The summed E-state index contributed by atoms with van der Waals surface area (Å²) in [7, 11) is 0. The predicted molar refractivity (Wildman–Crippen MR) is 119 cm³/mol. The average molecular weight is 424 g/mol. The number of aryl methyl sites for hydroxylation is 1. The van der Waals surface area contributed by atoms with E-state index in [4.69, 9.17) is 4.74 Å². The van der Waals surface area contributed by atoms with Gasteiger partial charge >= 0.3 is 0 Å². The van der Waals surface area contributed by atoms with Gasteiger partial charge < -0.3 is 4.74 Å². The Hall–Kier alpha value is -3.42. The van der Waals surface area contributed by atoms with E-state index in [0.29, 0.717) is 22.3 Å². The van der Waals surface area contributed by atoms with Crippen molar-refractivity contribution in [3.63, 3.8) is 0 Å². The van der Waals surface area contributed by atoms with Crippen molar-refractivity contribution in [3.05, 3.63) is 53.3 Å². The maximum atomic E-state index is 12.9.